The Balaban J connectivity index is 1.59. The number of hydrogen-bond acceptors (Lipinski definition) is 5. The van der Waals surface area contributed by atoms with Crippen LogP contribution in [0.4, 0.5) is 0 Å². The van der Waals surface area contributed by atoms with E-state index in [-0.39, 0.29) is 0 Å². The van der Waals surface area contributed by atoms with Crippen molar-refractivity contribution in [3.05, 3.63) is 79.3 Å². The minimum absolute atomic E-state index is 0.440. The maximum Gasteiger partial charge on any atom is 0.563 e. The summed E-state index contributed by atoms with van der Waals surface area (Å²) in [5.41, 5.74) is 4.64. The van der Waals surface area contributed by atoms with Gasteiger partial charge in [0, 0.05) is 18.0 Å². The molecule has 2 aliphatic heterocycles. The van der Waals surface area contributed by atoms with Crippen molar-refractivity contribution in [1.82, 2.24) is 4.98 Å². The van der Waals surface area contributed by atoms with Crippen molar-refractivity contribution >= 4 is 25.2 Å². The van der Waals surface area contributed by atoms with E-state index in [1.54, 1.807) is 6.20 Å². The lowest BCUT2D eigenvalue weighted by Gasteiger charge is -2.32. The quantitative estimate of drug-likeness (QED) is 0.519. The first kappa shape index (κ1) is 23.9. The lowest BCUT2D eigenvalue weighted by Crippen LogP contribution is -2.41. The van der Waals surface area contributed by atoms with Crippen molar-refractivity contribution in [2.75, 3.05) is 0 Å². The van der Waals surface area contributed by atoms with E-state index in [2.05, 4.69) is 87.8 Å². The van der Waals surface area contributed by atoms with Crippen molar-refractivity contribution in [1.29, 1.82) is 0 Å². The molecule has 2 aliphatic rings. The van der Waals surface area contributed by atoms with Crippen LogP contribution in [0, 0.1) is 0 Å². The van der Waals surface area contributed by atoms with E-state index in [1.165, 1.54) is 0 Å². The smallest absolute Gasteiger partial charge is 0.534 e. The Morgan fingerprint density at radius 1 is 0.686 bits per heavy atom. The molecule has 0 saturated carbocycles. The van der Waals surface area contributed by atoms with Gasteiger partial charge in [0.1, 0.15) is 5.60 Å². The molecule has 3 aromatic rings. The van der Waals surface area contributed by atoms with Crippen LogP contribution in [0.3, 0.4) is 0 Å². The molecule has 0 N–H and O–H groups in total. The zero-order chi connectivity index (χ0) is 25.0. The maximum absolute atomic E-state index is 6.38. The maximum atomic E-state index is 6.38. The average molecular weight is 467 g/mol. The first-order valence-corrected chi connectivity index (χ1v) is 12.0. The van der Waals surface area contributed by atoms with Gasteiger partial charge in [-0.2, -0.15) is 0 Å². The van der Waals surface area contributed by atoms with Gasteiger partial charge >= 0.3 is 14.2 Å². The van der Waals surface area contributed by atoms with Gasteiger partial charge < -0.3 is 18.6 Å². The van der Waals surface area contributed by atoms with Crippen molar-refractivity contribution in [3.8, 4) is 22.3 Å². The summed E-state index contributed by atoms with van der Waals surface area (Å²) in [5, 5.41) is 0. The standard InChI is InChI=1S/C28H31B2NO4/c1-19-26(2,3)33-29(32-19)24-15-23(16-25(17-24)30-34-27(4,5)28(6,7)35-30)21-11-8-10-20(14-21)22-12-9-13-31-18-22/h8-18H,1H2,2-7H3. The number of nitrogens with zero attached hydrogens (tertiary/aromatic N) is 1. The molecular weight excluding hydrogens is 436 g/mol. The second-order valence-electron chi connectivity index (χ2n) is 10.8. The molecule has 0 amide bonds. The Kier molecular flexibility index (Phi) is 5.71. The highest BCUT2D eigenvalue weighted by Crippen LogP contribution is 2.37. The first-order chi connectivity index (χ1) is 16.5. The number of pyridine rings is 1. The van der Waals surface area contributed by atoms with Crippen LogP contribution in [-0.4, -0.2) is 36.0 Å². The number of aromatic nitrogens is 1. The highest BCUT2D eigenvalue weighted by molar-refractivity contribution is 6.66. The van der Waals surface area contributed by atoms with Crippen LogP contribution in [-0.2, 0) is 18.6 Å². The lowest BCUT2D eigenvalue weighted by atomic mass is 9.70. The molecule has 2 fully saturated rings. The minimum Gasteiger partial charge on any atom is -0.534 e. The summed E-state index contributed by atoms with van der Waals surface area (Å²) < 4.78 is 25.0. The molecule has 2 aromatic carbocycles. The Labute approximate surface area is 208 Å². The van der Waals surface area contributed by atoms with Crippen molar-refractivity contribution in [3.63, 3.8) is 0 Å². The second-order valence-corrected chi connectivity index (χ2v) is 10.8. The third-order valence-electron chi connectivity index (χ3n) is 7.29. The van der Waals surface area contributed by atoms with Crippen molar-refractivity contribution in [2.24, 2.45) is 0 Å². The van der Waals surface area contributed by atoms with Crippen LogP contribution < -0.4 is 10.9 Å². The van der Waals surface area contributed by atoms with Gasteiger partial charge in [-0.1, -0.05) is 49.0 Å². The largest absolute Gasteiger partial charge is 0.563 e. The molecule has 0 spiro atoms. The number of benzene rings is 2. The highest BCUT2D eigenvalue weighted by atomic mass is 16.7. The summed E-state index contributed by atoms with van der Waals surface area (Å²) in [6.45, 7) is 16.2. The SMILES string of the molecule is C=C1OB(c2cc(B3OC(C)(C)C(C)(C)O3)cc(-c3cccc(-c4cccnc4)c3)c2)OC1(C)C. The molecule has 178 valence electrons. The van der Waals surface area contributed by atoms with Gasteiger partial charge in [-0.25, -0.2) is 0 Å². The molecular formula is C28H31B2NO4. The van der Waals surface area contributed by atoms with Gasteiger partial charge in [-0.3, -0.25) is 4.98 Å². The fourth-order valence-corrected chi connectivity index (χ4v) is 4.27. The van der Waals surface area contributed by atoms with Crippen LogP contribution in [0.5, 0.6) is 0 Å². The molecule has 0 atom stereocenters. The topological polar surface area (TPSA) is 49.8 Å². The zero-order valence-electron chi connectivity index (χ0n) is 21.3. The second kappa shape index (κ2) is 8.37. The van der Waals surface area contributed by atoms with E-state index >= 15 is 0 Å². The summed E-state index contributed by atoms with van der Waals surface area (Å²) in [6, 6.07) is 18.7. The molecule has 0 radical (unpaired) electrons. The van der Waals surface area contributed by atoms with Crippen LogP contribution >= 0.6 is 0 Å². The Bertz CT molecular complexity index is 1260. The summed E-state index contributed by atoms with van der Waals surface area (Å²) in [6.07, 6.45) is 3.66. The van der Waals surface area contributed by atoms with E-state index < -0.39 is 31.0 Å². The molecule has 2 saturated heterocycles. The van der Waals surface area contributed by atoms with E-state index in [4.69, 9.17) is 18.6 Å². The Morgan fingerprint density at radius 2 is 1.29 bits per heavy atom. The fourth-order valence-electron chi connectivity index (χ4n) is 4.27. The van der Waals surface area contributed by atoms with E-state index in [0.717, 1.165) is 33.2 Å². The predicted molar refractivity (Wildman–Crippen MR) is 142 cm³/mol. The van der Waals surface area contributed by atoms with Gasteiger partial charge in [-0.15, -0.1) is 0 Å². The van der Waals surface area contributed by atoms with Crippen LogP contribution in [0.1, 0.15) is 41.5 Å². The number of rotatable bonds is 4. The lowest BCUT2D eigenvalue weighted by molar-refractivity contribution is 0.00578. The van der Waals surface area contributed by atoms with E-state index in [9.17, 15) is 0 Å². The van der Waals surface area contributed by atoms with Gasteiger partial charge in [0.05, 0.1) is 17.0 Å². The summed E-state index contributed by atoms with van der Waals surface area (Å²) in [4.78, 5) is 4.27. The summed E-state index contributed by atoms with van der Waals surface area (Å²) in [5.74, 6) is 0.615. The zero-order valence-corrected chi connectivity index (χ0v) is 21.3. The van der Waals surface area contributed by atoms with Gasteiger partial charge in [0.15, 0.2) is 0 Å². The van der Waals surface area contributed by atoms with Gasteiger partial charge in [0.2, 0.25) is 0 Å². The molecule has 0 bridgehead atoms. The Morgan fingerprint density at radius 3 is 1.86 bits per heavy atom. The molecule has 5 rings (SSSR count). The van der Waals surface area contributed by atoms with E-state index in [0.29, 0.717) is 5.76 Å². The van der Waals surface area contributed by atoms with Crippen molar-refractivity contribution in [2.45, 2.75) is 58.3 Å². The van der Waals surface area contributed by atoms with Gasteiger partial charge in [0.25, 0.3) is 0 Å². The Hall–Kier alpha value is -2.86. The molecule has 3 heterocycles. The molecule has 7 heteroatoms. The van der Waals surface area contributed by atoms with Crippen LogP contribution in [0.15, 0.2) is 79.3 Å². The molecule has 5 nitrogen and oxygen atoms in total. The predicted octanol–water partition coefficient (Wildman–Crippen LogP) is 4.75. The third-order valence-corrected chi connectivity index (χ3v) is 7.29. The van der Waals surface area contributed by atoms with Crippen LogP contribution in [0.2, 0.25) is 0 Å². The van der Waals surface area contributed by atoms with Crippen LogP contribution in [0.25, 0.3) is 22.3 Å². The summed E-state index contributed by atoms with van der Waals surface area (Å²) in [7, 11) is -1.06. The molecule has 0 unspecified atom stereocenters. The molecule has 0 aliphatic carbocycles. The third kappa shape index (κ3) is 4.44. The summed E-state index contributed by atoms with van der Waals surface area (Å²) >= 11 is 0. The average Bonchev–Trinajstić information content (AvgIpc) is 3.23. The molecule has 1 aromatic heterocycles. The highest BCUT2D eigenvalue weighted by Gasteiger charge is 2.52. The number of hydrogen-bond donors (Lipinski definition) is 0. The van der Waals surface area contributed by atoms with Crippen molar-refractivity contribution < 1.29 is 18.6 Å². The molecule has 35 heavy (non-hydrogen) atoms. The van der Waals surface area contributed by atoms with Gasteiger partial charge in [-0.05, 0) is 81.3 Å². The monoisotopic (exact) mass is 467 g/mol. The first-order valence-electron chi connectivity index (χ1n) is 12.0. The minimum atomic E-state index is -0.564. The fraction of sp³-hybridized carbons (Fsp3) is 0.321. The van der Waals surface area contributed by atoms with E-state index in [1.807, 2.05) is 26.1 Å². The normalized spacial score (nSPS) is 20.2.